The summed E-state index contributed by atoms with van der Waals surface area (Å²) in [5.74, 6) is -1.15. The molecule has 0 aliphatic carbocycles. The molecular formula is C28H31F3N4O6S2. The fraction of sp³-hybridized carbons (Fsp3) is 0.393. The average molecular weight is 641 g/mol. The molecule has 4 rings (SSSR count). The number of amides is 2. The molecule has 10 nitrogen and oxygen atoms in total. The number of aryl methyl sites for hydroxylation is 1. The SMILES string of the molecule is Cc1cc(S(=O)(=O)CCC(=O)N(C)C)ccc1/C=C/S(=O)(=O)N1CCC2(CC1)N=C(c1cccc(C(F)(F)F)c1)NC2=O. The van der Waals surface area contributed by atoms with E-state index in [1.165, 1.54) is 59.7 Å². The van der Waals surface area contributed by atoms with E-state index in [1.807, 2.05) is 0 Å². The molecule has 15 heteroatoms. The molecule has 0 radical (unpaired) electrons. The molecule has 1 spiro atoms. The Kier molecular flexibility index (Phi) is 8.91. The van der Waals surface area contributed by atoms with Crippen LogP contribution in [0.3, 0.4) is 0 Å². The molecule has 0 aromatic heterocycles. The van der Waals surface area contributed by atoms with Crippen molar-refractivity contribution in [2.45, 2.75) is 42.8 Å². The molecule has 2 aromatic carbocycles. The van der Waals surface area contributed by atoms with Crippen LogP contribution >= 0.6 is 0 Å². The topological polar surface area (TPSA) is 133 Å². The van der Waals surface area contributed by atoms with Crippen molar-refractivity contribution >= 4 is 43.6 Å². The molecule has 2 aromatic rings. The first-order valence-electron chi connectivity index (χ1n) is 13.2. The Morgan fingerprint density at radius 3 is 2.37 bits per heavy atom. The second-order valence-corrected chi connectivity index (χ2v) is 14.6. The van der Waals surface area contributed by atoms with Crippen LogP contribution in [-0.2, 0) is 35.6 Å². The highest BCUT2D eigenvalue weighted by Crippen LogP contribution is 2.34. The fourth-order valence-electron chi connectivity index (χ4n) is 4.78. The van der Waals surface area contributed by atoms with E-state index < -0.39 is 43.0 Å². The Morgan fingerprint density at radius 2 is 1.77 bits per heavy atom. The Labute approximate surface area is 248 Å². The normalized spacial score (nSPS) is 17.7. The average Bonchev–Trinajstić information content (AvgIpc) is 3.25. The summed E-state index contributed by atoms with van der Waals surface area (Å²) >= 11 is 0. The van der Waals surface area contributed by atoms with Gasteiger partial charge in [-0.05, 0) is 61.2 Å². The van der Waals surface area contributed by atoms with E-state index in [9.17, 15) is 39.6 Å². The highest BCUT2D eigenvalue weighted by molar-refractivity contribution is 7.92. The third-order valence-electron chi connectivity index (χ3n) is 7.46. The number of amidine groups is 1. The minimum Gasteiger partial charge on any atom is -0.349 e. The Bertz CT molecular complexity index is 1710. The van der Waals surface area contributed by atoms with E-state index in [-0.39, 0.29) is 60.3 Å². The number of sulfonamides is 1. The summed E-state index contributed by atoms with van der Waals surface area (Å²) in [6.07, 6.45) is -3.29. The number of nitrogens with one attached hydrogen (secondary N) is 1. The van der Waals surface area contributed by atoms with Crippen molar-refractivity contribution in [1.29, 1.82) is 0 Å². The largest absolute Gasteiger partial charge is 0.416 e. The van der Waals surface area contributed by atoms with Crippen LogP contribution in [0.5, 0.6) is 0 Å². The van der Waals surface area contributed by atoms with Gasteiger partial charge in [0.15, 0.2) is 9.84 Å². The summed E-state index contributed by atoms with van der Waals surface area (Å²) in [5.41, 5.74) is -1.06. The van der Waals surface area contributed by atoms with E-state index in [0.29, 0.717) is 11.1 Å². The van der Waals surface area contributed by atoms with E-state index in [4.69, 9.17) is 0 Å². The zero-order valence-corrected chi connectivity index (χ0v) is 25.3. The summed E-state index contributed by atoms with van der Waals surface area (Å²) in [7, 11) is -4.58. The van der Waals surface area contributed by atoms with Crippen LogP contribution in [0.4, 0.5) is 13.2 Å². The minimum atomic E-state index is -4.56. The van der Waals surface area contributed by atoms with E-state index in [0.717, 1.165) is 17.5 Å². The zero-order valence-electron chi connectivity index (χ0n) is 23.7. The molecular weight excluding hydrogens is 609 g/mol. The van der Waals surface area contributed by atoms with Crippen LogP contribution in [0, 0.1) is 6.92 Å². The number of piperidine rings is 1. The summed E-state index contributed by atoms with van der Waals surface area (Å²) < 4.78 is 92.0. The Balaban J connectivity index is 1.43. The predicted molar refractivity (Wildman–Crippen MR) is 154 cm³/mol. The quantitative estimate of drug-likeness (QED) is 0.472. The van der Waals surface area contributed by atoms with Gasteiger partial charge in [0.25, 0.3) is 5.91 Å². The molecule has 232 valence electrons. The number of hydrogen-bond donors (Lipinski definition) is 1. The lowest BCUT2D eigenvalue weighted by atomic mass is 9.89. The number of carbonyl (C=O) groups excluding carboxylic acids is 2. The molecule has 2 aliphatic rings. The van der Waals surface area contributed by atoms with E-state index in [2.05, 4.69) is 10.3 Å². The monoisotopic (exact) mass is 640 g/mol. The number of carbonyl (C=O) groups is 2. The Morgan fingerprint density at radius 1 is 1.09 bits per heavy atom. The number of nitrogens with zero attached hydrogens (tertiary/aromatic N) is 3. The summed E-state index contributed by atoms with van der Waals surface area (Å²) in [5, 5.41) is 3.55. The highest BCUT2D eigenvalue weighted by Gasteiger charge is 2.47. The van der Waals surface area contributed by atoms with Crippen LogP contribution in [-0.4, -0.2) is 82.2 Å². The molecule has 0 bridgehead atoms. The molecule has 1 saturated heterocycles. The first kappa shape index (κ1) is 32.4. The van der Waals surface area contributed by atoms with Crippen molar-refractivity contribution in [1.82, 2.24) is 14.5 Å². The van der Waals surface area contributed by atoms with Crippen molar-refractivity contribution in [2.24, 2.45) is 4.99 Å². The molecule has 1 fully saturated rings. The predicted octanol–water partition coefficient (Wildman–Crippen LogP) is 2.98. The van der Waals surface area contributed by atoms with Gasteiger partial charge in [0, 0.05) is 44.6 Å². The van der Waals surface area contributed by atoms with Crippen molar-refractivity contribution in [3.05, 3.63) is 70.1 Å². The van der Waals surface area contributed by atoms with Crippen molar-refractivity contribution in [3.63, 3.8) is 0 Å². The van der Waals surface area contributed by atoms with Gasteiger partial charge < -0.3 is 10.2 Å². The molecule has 0 atom stereocenters. The van der Waals surface area contributed by atoms with Gasteiger partial charge in [-0.1, -0.05) is 18.2 Å². The number of aliphatic imine (C=N–C) groups is 1. The van der Waals surface area contributed by atoms with Crippen LogP contribution in [0.1, 0.15) is 41.5 Å². The maximum absolute atomic E-state index is 13.1. The van der Waals surface area contributed by atoms with Crippen LogP contribution in [0.25, 0.3) is 6.08 Å². The lowest BCUT2D eigenvalue weighted by Gasteiger charge is -2.34. The second-order valence-electron chi connectivity index (χ2n) is 10.6. The standard InChI is InChI=1S/C28H31F3N4O6S2/c1-19-17-23(42(38,39)15-10-24(36)34(2)3)8-7-20(19)9-16-43(40,41)35-13-11-27(12-14-35)26(37)32-25(33-27)21-5-4-6-22(18-21)28(29,30)31/h4-9,16-18H,10-15H2,1-3H3,(H,32,33,37)/b16-9+. The van der Waals surface area contributed by atoms with Crippen LogP contribution < -0.4 is 5.32 Å². The summed E-state index contributed by atoms with van der Waals surface area (Å²) in [6.45, 7) is 1.56. The van der Waals surface area contributed by atoms with Gasteiger partial charge in [-0.2, -0.15) is 17.5 Å². The summed E-state index contributed by atoms with van der Waals surface area (Å²) in [6, 6.07) is 8.72. The number of hydrogen-bond acceptors (Lipinski definition) is 7. The summed E-state index contributed by atoms with van der Waals surface area (Å²) in [4.78, 5) is 30.4. The molecule has 43 heavy (non-hydrogen) atoms. The van der Waals surface area contributed by atoms with Gasteiger partial charge in [0.2, 0.25) is 15.9 Å². The molecule has 2 amide bonds. The van der Waals surface area contributed by atoms with Gasteiger partial charge >= 0.3 is 6.18 Å². The van der Waals surface area contributed by atoms with Crippen molar-refractivity contribution in [3.8, 4) is 0 Å². The number of benzene rings is 2. The molecule has 2 heterocycles. The number of sulfone groups is 1. The number of alkyl halides is 3. The third-order valence-corrected chi connectivity index (χ3v) is 10.7. The van der Waals surface area contributed by atoms with Crippen LogP contribution in [0.2, 0.25) is 0 Å². The third kappa shape index (κ3) is 7.16. The van der Waals surface area contributed by atoms with Gasteiger partial charge in [0.1, 0.15) is 11.4 Å². The van der Waals surface area contributed by atoms with E-state index in [1.54, 1.807) is 6.92 Å². The minimum absolute atomic E-state index is 0.0116. The number of rotatable bonds is 8. The van der Waals surface area contributed by atoms with Crippen LogP contribution in [0.15, 0.2) is 57.8 Å². The van der Waals surface area contributed by atoms with E-state index >= 15 is 0 Å². The zero-order chi connectivity index (χ0) is 31.8. The lowest BCUT2D eigenvalue weighted by Crippen LogP contribution is -2.50. The second kappa shape index (κ2) is 11.8. The maximum atomic E-state index is 13.1. The number of halogens is 3. The molecule has 0 unspecified atom stereocenters. The van der Waals surface area contributed by atoms with Gasteiger partial charge in [-0.25, -0.2) is 16.8 Å². The Hall–Kier alpha value is -3.56. The highest BCUT2D eigenvalue weighted by atomic mass is 32.2. The molecule has 2 aliphatic heterocycles. The molecule has 0 saturated carbocycles. The molecule has 1 N–H and O–H groups in total. The van der Waals surface area contributed by atoms with Crippen molar-refractivity contribution in [2.75, 3.05) is 32.9 Å². The lowest BCUT2D eigenvalue weighted by molar-refractivity contribution is -0.137. The first-order chi connectivity index (χ1) is 19.9. The van der Waals surface area contributed by atoms with Gasteiger partial charge in [-0.3, -0.25) is 14.6 Å². The maximum Gasteiger partial charge on any atom is 0.416 e. The van der Waals surface area contributed by atoms with Crippen molar-refractivity contribution < 1.29 is 39.6 Å². The smallest absolute Gasteiger partial charge is 0.349 e. The van der Waals surface area contributed by atoms with Gasteiger partial charge in [0.05, 0.1) is 16.2 Å². The fourth-order valence-corrected chi connectivity index (χ4v) is 7.28. The first-order valence-corrected chi connectivity index (χ1v) is 16.4. The van der Waals surface area contributed by atoms with Gasteiger partial charge in [-0.15, -0.1) is 0 Å².